The van der Waals surface area contributed by atoms with Crippen molar-refractivity contribution in [3.8, 4) is 0 Å². The van der Waals surface area contributed by atoms with E-state index in [0.717, 1.165) is 69.2 Å². The Hall–Kier alpha value is -0.900. The fourth-order valence-corrected chi connectivity index (χ4v) is 2.73. The fraction of sp³-hybridized carbons (Fsp3) is 0.812. The topological polar surface area (TPSA) is 76.4 Å². The van der Waals surface area contributed by atoms with Crippen LogP contribution < -0.4 is 10.6 Å². The molecule has 0 amide bonds. The number of nitrogens with one attached hydrogen (secondary N) is 2. The molecule has 0 aromatic carbocycles. The molecule has 1 aliphatic carbocycles. The minimum Gasteiger partial charge on any atom is -0.381 e. The lowest BCUT2D eigenvalue weighted by Gasteiger charge is -2.11. The Morgan fingerprint density at radius 1 is 1.33 bits per heavy atom. The third-order valence-corrected chi connectivity index (χ3v) is 4.22. The Morgan fingerprint density at radius 3 is 3.00 bits per heavy atom. The number of ether oxygens (including phenoxy) is 1. The van der Waals surface area contributed by atoms with Gasteiger partial charge in [0.15, 0.2) is 11.8 Å². The zero-order chi connectivity index (χ0) is 15.9. The van der Waals surface area contributed by atoms with Gasteiger partial charge >= 0.3 is 0 Å². The molecule has 2 heterocycles. The van der Waals surface area contributed by atoms with E-state index in [0.29, 0.717) is 6.54 Å². The van der Waals surface area contributed by atoms with Crippen LogP contribution in [0, 0.1) is 5.92 Å². The maximum atomic E-state index is 5.65. The largest absolute Gasteiger partial charge is 0.381 e. The average Bonchev–Trinajstić information content (AvgIpc) is 3.11. The van der Waals surface area contributed by atoms with Crippen LogP contribution in [0.25, 0.3) is 0 Å². The highest BCUT2D eigenvalue weighted by Gasteiger charge is 2.20. The first-order valence-electron chi connectivity index (χ1n) is 8.87. The van der Waals surface area contributed by atoms with Crippen LogP contribution in [0.2, 0.25) is 0 Å². The number of aryl methyl sites for hydroxylation is 1. The Morgan fingerprint density at radius 2 is 2.21 bits per heavy atom. The third kappa shape index (κ3) is 5.87. The van der Waals surface area contributed by atoms with E-state index in [9.17, 15) is 0 Å². The summed E-state index contributed by atoms with van der Waals surface area (Å²) < 4.78 is 7.84. The van der Waals surface area contributed by atoms with E-state index in [4.69, 9.17) is 4.74 Å². The second-order valence-corrected chi connectivity index (χ2v) is 6.28. The van der Waals surface area contributed by atoms with Gasteiger partial charge in [0.1, 0.15) is 12.4 Å². The van der Waals surface area contributed by atoms with Crippen molar-refractivity contribution in [1.82, 2.24) is 25.4 Å². The first kappa shape index (κ1) is 19.4. The molecule has 1 aliphatic heterocycles. The van der Waals surface area contributed by atoms with Crippen molar-refractivity contribution < 1.29 is 4.74 Å². The SMILES string of the molecule is CCNC(=NCc1nnc2n1CCC2)NCCCOCC1CC1.I. The lowest BCUT2D eigenvalue weighted by atomic mass is 10.4. The lowest BCUT2D eigenvalue weighted by molar-refractivity contribution is 0.123. The average molecular weight is 448 g/mol. The second kappa shape index (κ2) is 10.2. The minimum absolute atomic E-state index is 0. The number of rotatable bonds is 9. The van der Waals surface area contributed by atoms with Gasteiger partial charge in [-0.2, -0.15) is 0 Å². The molecule has 3 rings (SSSR count). The molecule has 7 nitrogen and oxygen atoms in total. The van der Waals surface area contributed by atoms with Gasteiger partial charge in [-0.25, -0.2) is 4.99 Å². The van der Waals surface area contributed by atoms with Gasteiger partial charge in [-0.05, 0) is 38.5 Å². The summed E-state index contributed by atoms with van der Waals surface area (Å²) in [6.45, 7) is 7.14. The molecule has 2 N–H and O–H groups in total. The van der Waals surface area contributed by atoms with Crippen molar-refractivity contribution in [2.24, 2.45) is 10.9 Å². The number of hydrogen-bond donors (Lipinski definition) is 2. The first-order valence-corrected chi connectivity index (χ1v) is 8.87. The summed E-state index contributed by atoms with van der Waals surface area (Å²) in [7, 11) is 0. The van der Waals surface area contributed by atoms with Gasteiger partial charge < -0.3 is 19.9 Å². The summed E-state index contributed by atoms with van der Waals surface area (Å²) in [5.41, 5.74) is 0. The van der Waals surface area contributed by atoms with Crippen molar-refractivity contribution >= 4 is 29.9 Å². The van der Waals surface area contributed by atoms with Gasteiger partial charge in [0, 0.05) is 39.3 Å². The van der Waals surface area contributed by atoms with Crippen LogP contribution in [0.15, 0.2) is 4.99 Å². The molecule has 2 aliphatic rings. The molecule has 1 saturated carbocycles. The number of aromatic nitrogens is 3. The van der Waals surface area contributed by atoms with E-state index in [1.165, 1.54) is 19.3 Å². The van der Waals surface area contributed by atoms with E-state index in [1.807, 2.05) is 0 Å². The summed E-state index contributed by atoms with van der Waals surface area (Å²) in [6.07, 6.45) is 5.90. The maximum absolute atomic E-state index is 5.65. The molecule has 24 heavy (non-hydrogen) atoms. The number of halogens is 1. The standard InChI is InChI=1S/C16H28N6O.HI/c1-2-17-16(18-8-4-10-23-12-13-6-7-13)19-11-15-21-20-14-5-3-9-22(14)15;/h13H,2-12H2,1H3,(H2,17,18,19);1H. The third-order valence-electron chi connectivity index (χ3n) is 4.22. The van der Waals surface area contributed by atoms with E-state index >= 15 is 0 Å². The summed E-state index contributed by atoms with van der Waals surface area (Å²) in [4.78, 5) is 4.62. The number of aliphatic imine (C=N–C) groups is 1. The molecule has 0 radical (unpaired) electrons. The molecule has 0 spiro atoms. The van der Waals surface area contributed by atoms with Gasteiger partial charge in [0.05, 0.1) is 0 Å². The highest BCUT2D eigenvalue weighted by atomic mass is 127. The van der Waals surface area contributed by atoms with Crippen molar-refractivity contribution in [2.45, 2.75) is 52.1 Å². The molecule has 1 aromatic heterocycles. The van der Waals surface area contributed by atoms with Crippen molar-refractivity contribution in [1.29, 1.82) is 0 Å². The molecule has 0 atom stereocenters. The van der Waals surface area contributed by atoms with Crippen molar-refractivity contribution in [3.05, 3.63) is 11.6 Å². The maximum Gasteiger partial charge on any atom is 0.191 e. The Kier molecular flexibility index (Phi) is 8.23. The van der Waals surface area contributed by atoms with Crippen LogP contribution in [-0.2, 0) is 24.2 Å². The normalized spacial score (nSPS) is 16.6. The van der Waals surface area contributed by atoms with Gasteiger partial charge in [-0.1, -0.05) is 0 Å². The highest BCUT2D eigenvalue weighted by Crippen LogP contribution is 2.28. The fourth-order valence-electron chi connectivity index (χ4n) is 2.73. The number of fused-ring (bicyclic) bond motifs is 1. The molecule has 0 bridgehead atoms. The van der Waals surface area contributed by atoms with Gasteiger partial charge in [0.25, 0.3) is 0 Å². The van der Waals surface area contributed by atoms with Gasteiger partial charge in [-0.15, -0.1) is 34.2 Å². The number of hydrogen-bond acceptors (Lipinski definition) is 4. The van der Waals surface area contributed by atoms with E-state index < -0.39 is 0 Å². The van der Waals surface area contributed by atoms with Crippen molar-refractivity contribution in [3.63, 3.8) is 0 Å². The van der Waals surface area contributed by atoms with Crippen LogP contribution in [0.3, 0.4) is 0 Å². The molecule has 8 heteroatoms. The van der Waals surface area contributed by atoms with Crippen LogP contribution in [-0.4, -0.2) is 47.0 Å². The quantitative estimate of drug-likeness (QED) is 0.261. The van der Waals surface area contributed by atoms with E-state index in [-0.39, 0.29) is 24.0 Å². The Bertz CT molecular complexity index is 529. The first-order chi connectivity index (χ1) is 11.4. The second-order valence-electron chi connectivity index (χ2n) is 6.28. The predicted octanol–water partition coefficient (Wildman–Crippen LogP) is 1.71. The van der Waals surface area contributed by atoms with Crippen LogP contribution >= 0.6 is 24.0 Å². The Labute approximate surface area is 161 Å². The Balaban J connectivity index is 0.00000208. The molecule has 1 fully saturated rings. The van der Waals surface area contributed by atoms with Crippen LogP contribution in [0.5, 0.6) is 0 Å². The lowest BCUT2D eigenvalue weighted by Crippen LogP contribution is -2.38. The molecule has 0 saturated heterocycles. The van der Waals surface area contributed by atoms with E-state index in [1.54, 1.807) is 0 Å². The zero-order valence-electron chi connectivity index (χ0n) is 14.5. The summed E-state index contributed by atoms with van der Waals surface area (Å²) >= 11 is 0. The summed E-state index contributed by atoms with van der Waals surface area (Å²) in [5, 5.41) is 15.1. The number of nitrogens with zero attached hydrogens (tertiary/aromatic N) is 4. The zero-order valence-corrected chi connectivity index (χ0v) is 16.8. The smallest absolute Gasteiger partial charge is 0.191 e. The predicted molar refractivity (Wildman–Crippen MR) is 105 cm³/mol. The van der Waals surface area contributed by atoms with Crippen molar-refractivity contribution in [2.75, 3.05) is 26.3 Å². The molecular weight excluding hydrogens is 419 g/mol. The minimum atomic E-state index is 0. The highest BCUT2D eigenvalue weighted by molar-refractivity contribution is 14.0. The van der Waals surface area contributed by atoms with Crippen LogP contribution in [0.4, 0.5) is 0 Å². The molecule has 1 aromatic rings. The molecule has 136 valence electrons. The van der Waals surface area contributed by atoms with E-state index in [2.05, 4.69) is 37.3 Å². The monoisotopic (exact) mass is 448 g/mol. The molecular formula is C16H29IN6O. The van der Waals surface area contributed by atoms with Gasteiger partial charge in [0.2, 0.25) is 0 Å². The van der Waals surface area contributed by atoms with Gasteiger partial charge in [-0.3, -0.25) is 0 Å². The van der Waals surface area contributed by atoms with Crippen LogP contribution in [0.1, 0.15) is 44.3 Å². The summed E-state index contributed by atoms with van der Waals surface area (Å²) in [6, 6.07) is 0. The summed E-state index contributed by atoms with van der Waals surface area (Å²) in [5.74, 6) is 3.74. The number of guanidine groups is 1. The molecule has 0 unspecified atom stereocenters.